The van der Waals surface area contributed by atoms with Crippen LogP contribution < -0.4 is 0 Å². The molecule has 0 amide bonds. The summed E-state index contributed by atoms with van der Waals surface area (Å²) in [5.74, 6) is -1.30. The maximum Gasteiger partial charge on any atom is 0.386 e. The van der Waals surface area contributed by atoms with Crippen LogP contribution in [0.4, 0.5) is 0 Å². The molecule has 4 nitrogen and oxygen atoms in total. The number of aryl methyl sites for hydroxylation is 2. The van der Waals surface area contributed by atoms with Gasteiger partial charge in [-0.2, -0.15) is 0 Å². The Morgan fingerprint density at radius 2 is 1.08 bits per heavy atom. The molecule has 0 saturated carbocycles. The Bertz CT molecular complexity index is 645. The van der Waals surface area contributed by atoms with Crippen molar-refractivity contribution in [3.63, 3.8) is 0 Å². The van der Waals surface area contributed by atoms with Crippen LogP contribution >= 0.6 is 0 Å². The van der Waals surface area contributed by atoms with Crippen molar-refractivity contribution in [2.45, 2.75) is 39.5 Å². The largest absolute Gasteiger partial charge is 0.386 e. The van der Waals surface area contributed by atoms with Crippen LogP contribution in [0.3, 0.4) is 0 Å². The monoisotopic (exact) mass is 326 g/mol. The van der Waals surface area contributed by atoms with Gasteiger partial charge in [0, 0.05) is 0 Å². The van der Waals surface area contributed by atoms with Crippen LogP contribution in [-0.4, -0.2) is 11.9 Å². The number of rotatable bonds is 6. The number of benzene rings is 2. The van der Waals surface area contributed by atoms with Gasteiger partial charge in [0.25, 0.3) is 0 Å². The molecule has 0 heterocycles. The van der Waals surface area contributed by atoms with E-state index >= 15 is 0 Å². The molecule has 0 radical (unpaired) electrons. The van der Waals surface area contributed by atoms with Gasteiger partial charge in [-0.25, -0.2) is 19.4 Å². The molecule has 0 aromatic heterocycles. The van der Waals surface area contributed by atoms with E-state index in [-0.39, 0.29) is 0 Å². The fourth-order valence-corrected chi connectivity index (χ4v) is 2.58. The summed E-state index contributed by atoms with van der Waals surface area (Å²) < 4.78 is 0. The molecule has 0 unspecified atom stereocenters. The molecule has 0 N–H and O–H groups in total. The van der Waals surface area contributed by atoms with Crippen LogP contribution in [-0.2, 0) is 22.6 Å². The van der Waals surface area contributed by atoms with Crippen LogP contribution in [0.2, 0.25) is 0 Å². The first-order valence-corrected chi connectivity index (χ1v) is 8.26. The quantitative estimate of drug-likeness (QED) is 0.578. The van der Waals surface area contributed by atoms with E-state index in [0.29, 0.717) is 11.1 Å². The average Bonchev–Trinajstić information content (AvgIpc) is 2.61. The van der Waals surface area contributed by atoms with Crippen LogP contribution in [0.25, 0.3) is 0 Å². The third-order valence-corrected chi connectivity index (χ3v) is 3.71. The maximum atomic E-state index is 12.2. The number of carbonyl (C=O) groups is 2. The summed E-state index contributed by atoms with van der Waals surface area (Å²) in [4.78, 5) is 33.9. The SMILES string of the molecule is CCCc1ccccc1C(=O)OOC(=O)c1ccccc1CCC. The molecule has 126 valence electrons. The van der Waals surface area contributed by atoms with E-state index in [4.69, 9.17) is 9.78 Å². The normalized spacial score (nSPS) is 10.2. The van der Waals surface area contributed by atoms with Crippen LogP contribution in [0, 0.1) is 0 Å². The molecule has 0 spiro atoms. The van der Waals surface area contributed by atoms with Crippen molar-refractivity contribution in [2.24, 2.45) is 0 Å². The Hall–Kier alpha value is -2.62. The highest BCUT2D eigenvalue weighted by Crippen LogP contribution is 2.15. The number of hydrogen-bond donors (Lipinski definition) is 0. The third kappa shape index (κ3) is 4.44. The molecule has 0 aliphatic carbocycles. The van der Waals surface area contributed by atoms with Crippen molar-refractivity contribution in [1.82, 2.24) is 0 Å². The number of carbonyl (C=O) groups excluding carboxylic acids is 2. The summed E-state index contributed by atoms with van der Waals surface area (Å²) in [7, 11) is 0. The van der Waals surface area contributed by atoms with E-state index in [2.05, 4.69) is 0 Å². The first-order valence-electron chi connectivity index (χ1n) is 8.26. The second-order valence-corrected chi connectivity index (χ2v) is 5.56. The van der Waals surface area contributed by atoms with Crippen molar-refractivity contribution in [3.8, 4) is 0 Å². The second-order valence-electron chi connectivity index (χ2n) is 5.56. The van der Waals surface area contributed by atoms with Crippen molar-refractivity contribution >= 4 is 11.9 Å². The van der Waals surface area contributed by atoms with Crippen molar-refractivity contribution in [3.05, 3.63) is 70.8 Å². The van der Waals surface area contributed by atoms with Gasteiger partial charge in [0.05, 0.1) is 11.1 Å². The van der Waals surface area contributed by atoms with Gasteiger partial charge in [-0.3, -0.25) is 0 Å². The zero-order chi connectivity index (χ0) is 17.4. The molecule has 2 aromatic rings. The summed E-state index contributed by atoms with van der Waals surface area (Å²) in [6.45, 7) is 4.07. The maximum absolute atomic E-state index is 12.2. The third-order valence-electron chi connectivity index (χ3n) is 3.71. The van der Waals surface area contributed by atoms with E-state index in [0.717, 1.165) is 36.8 Å². The second kappa shape index (κ2) is 8.87. The fourth-order valence-electron chi connectivity index (χ4n) is 2.58. The highest BCUT2D eigenvalue weighted by Gasteiger charge is 2.18. The molecule has 2 rings (SSSR count). The lowest BCUT2D eigenvalue weighted by Gasteiger charge is -2.09. The van der Waals surface area contributed by atoms with Gasteiger partial charge in [0.2, 0.25) is 0 Å². The minimum atomic E-state index is -0.652. The Labute approximate surface area is 142 Å². The molecule has 0 aliphatic heterocycles. The van der Waals surface area contributed by atoms with E-state index < -0.39 is 11.9 Å². The van der Waals surface area contributed by atoms with Crippen molar-refractivity contribution in [1.29, 1.82) is 0 Å². The van der Waals surface area contributed by atoms with E-state index in [1.165, 1.54) is 0 Å². The predicted molar refractivity (Wildman–Crippen MR) is 91.7 cm³/mol. The summed E-state index contributed by atoms with van der Waals surface area (Å²) in [5, 5.41) is 0. The van der Waals surface area contributed by atoms with Gasteiger partial charge in [0.15, 0.2) is 0 Å². The zero-order valence-electron chi connectivity index (χ0n) is 14.1. The van der Waals surface area contributed by atoms with E-state index in [9.17, 15) is 9.59 Å². The predicted octanol–water partition coefficient (Wildman–Crippen LogP) is 4.52. The lowest BCUT2D eigenvalue weighted by atomic mass is 10.0. The fraction of sp³-hybridized carbons (Fsp3) is 0.300. The summed E-state index contributed by atoms with van der Waals surface area (Å²) in [6.07, 6.45) is 3.35. The van der Waals surface area contributed by atoms with Crippen molar-refractivity contribution in [2.75, 3.05) is 0 Å². The Kier molecular flexibility index (Phi) is 6.55. The Balaban J connectivity index is 2.06. The molecule has 0 fully saturated rings. The zero-order valence-corrected chi connectivity index (χ0v) is 14.1. The standard InChI is InChI=1S/C20H22O4/c1-3-9-15-11-5-7-13-17(15)19(21)23-24-20(22)18-14-8-6-12-16(18)10-4-2/h5-8,11-14H,3-4,9-10H2,1-2H3. The Morgan fingerprint density at radius 1 is 0.708 bits per heavy atom. The summed E-state index contributed by atoms with van der Waals surface area (Å²) >= 11 is 0. The molecular formula is C20H22O4. The van der Waals surface area contributed by atoms with Crippen LogP contribution in [0.15, 0.2) is 48.5 Å². The molecule has 0 atom stereocenters. The molecule has 2 aromatic carbocycles. The Morgan fingerprint density at radius 3 is 1.46 bits per heavy atom. The molecular weight excluding hydrogens is 304 g/mol. The van der Waals surface area contributed by atoms with Gasteiger partial charge < -0.3 is 0 Å². The number of hydrogen-bond acceptors (Lipinski definition) is 4. The highest BCUT2D eigenvalue weighted by atomic mass is 17.2. The minimum absolute atomic E-state index is 0.425. The van der Waals surface area contributed by atoms with Gasteiger partial charge >= 0.3 is 11.9 Å². The lowest BCUT2D eigenvalue weighted by molar-refractivity contribution is -0.187. The lowest BCUT2D eigenvalue weighted by Crippen LogP contribution is -2.14. The average molecular weight is 326 g/mol. The van der Waals surface area contributed by atoms with Crippen LogP contribution in [0.5, 0.6) is 0 Å². The van der Waals surface area contributed by atoms with Gasteiger partial charge in [0.1, 0.15) is 0 Å². The smallest absolute Gasteiger partial charge is 0.241 e. The molecule has 4 heteroatoms. The minimum Gasteiger partial charge on any atom is -0.241 e. The summed E-state index contributed by atoms with van der Waals surface area (Å²) in [6, 6.07) is 14.3. The van der Waals surface area contributed by atoms with E-state index in [1.54, 1.807) is 24.3 Å². The van der Waals surface area contributed by atoms with Crippen LogP contribution in [0.1, 0.15) is 58.5 Å². The molecule has 0 aliphatic rings. The first kappa shape index (κ1) is 17.7. The van der Waals surface area contributed by atoms with Gasteiger partial charge in [-0.05, 0) is 36.1 Å². The first-order chi connectivity index (χ1) is 11.7. The topological polar surface area (TPSA) is 52.6 Å². The van der Waals surface area contributed by atoms with Crippen molar-refractivity contribution < 1.29 is 19.4 Å². The van der Waals surface area contributed by atoms with E-state index in [1.807, 2.05) is 38.1 Å². The van der Waals surface area contributed by atoms with Gasteiger partial charge in [-0.15, -0.1) is 0 Å². The molecule has 0 saturated heterocycles. The molecule has 24 heavy (non-hydrogen) atoms. The van der Waals surface area contributed by atoms with Gasteiger partial charge in [-0.1, -0.05) is 63.1 Å². The molecule has 0 bridgehead atoms. The summed E-state index contributed by atoms with van der Waals surface area (Å²) in [5.41, 5.74) is 2.61. The highest BCUT2D eigenvalue weighted by molar-refractivity contribution is 5.93.